The number of aryl methyl sites for hydroxylation is 1. The molecule has 12 heavy (non-hydrogen) atoms. The summed E-state index contributed by atoms with van der Waals surface area (Å²) in [6, 6.07) is 0. The molecule has 0 saturated heterocycles. The van der Waals surface area contributed by atoms with Gasteiger partial charge >= 0.3 is 0 Å². The first-order chi connectivity index (χ1) is 5.46. The molecule has 0 saturated carbocycles. The van der Waals surface area contributed by atoms with Crippen LogP contribution in [0.25, 0.3) is 0 Å². The number of aromatic nitrogens is 3. The second-order valence-electron chi connectivity index (χ2n) is 3.18. The van der Waals surface area contributed by atoms with Crippen LogP contribution in [0.3, 0.4) is 0 Å². The molecular weight excluding hydrogens is 159 g/mol. The predicted molar refractivity (Wildman–Crippen MR) is 43.0 cm³/mol. The SMILES string of the molecule is Cn1nnc(CN)c1C(C)(C)F. The van der Waals surface area contributed by atoms with Crippen LogP contribution in [-0.2, 0) is 19.3 Å². The van der Waals surface area contributed by atoms with Crippen LogP contribution in [0.15, 0.2) is 0 Å². The lowest BCUT2D eigenvalue weighted by Crippen LogP contribution is -2.18. The molecule has 1 heterocycles. The topological polar surface area (TPSA) is 56.7 Å². The lowest BCUT2D eigenvalue weighted by Gasteiger charge is -2.14. The van der Waals surface area contributed by atoms with Crippen LogP contribution in [0.2, 0.25) is 0 Å². The molecule has 0 spiro atoms. The standard InChI is InChI=1S/C7H13FN4/c1-7(2,8)6-5(4-9)10-11-12(6)3/h4,9H2,1-3H3. The molecule has 0 amide bonds. The number of hydrogen-bond donors (Lipinski definition) is 1. The zero-order valence-corrected chi connectivity index (χ0v) is 7.50. The first kappa shape index (κ1) is 9.12. The van der Waals surface area contributed by atoms with Crippen molar-refractivity contribution in [3.05, 3.63) is 11.4 Å². The molecule has 4 nitrogen and oxygen atoms in total. The van der Waals surface area contributed by atoms with Gasteiger partial charge in [0.1, 0.15) is 11.4 Å². The average molecular weight is 172 g/mol. The van der Waals surface area contributed by atoms with Crippen molar-refractivity contribution in [3.63, 3.8) is 0 Å². The summed E-state index contributed by atoms with van der Waals surface area (Å²) in [4.78, 5) is 0. The number of nitrogens with zero attached hydrogens (tertiary/aromatic N) is 3. The van der Waals surface area contributed by atoms with Gasteiger partial charge in [-0.25, -0.2) is 9.07 Å². The molecule has 0 aliphatic heterocycles. The maximum atomic E-state index is 13.5. The van der Waals surface area contributed by atoms with Gasteiger partial charge in [0, 0.05) is 13.6 Å². The summed E-state index contributed by atoms with van der Waals surface area (Å²) < 4.78 is 14.9. The summed E-state index contributed by atoms with van der Waals surface area (Å²) in [5.74, 6) is 0. The second kappa shape index (κ2) is 2.82. The Bertz CT molecular complexity index is 273. The highest BCUT2D eigenvalue weighted by Gasteiger charge is 2.27. The van der Waals surface area contributed by atoms with Gasteiger partial charge in [-0.15, -0.1) is 5.10 Å². The van der Waals surface area contributed by atoms with E-state index in [1.54, 1.807) is 7.05 Å². The summed E-state index contributed by atoms with van der Waals surface area (Å²) >= 11 is 0. The van der Waals surface area contributed by atoms with E-state index < -0.39 is 5.67 Å². The Labute approximate surface area is 70.6 Å². The summed E-state index contributed by atoms with van der Waals surface area (Å²) in [6.07, 6.45) is 0. The molecule has 0 aromatic carbocycles. The fourth-order valence-corrected chi connectivity index (χ4v) is 1.27. The third-order valence-electron chi connectivity index (χ3n) is 1.65. The first-order valence-electron chi connectivity index (χ1n) is 3.75. The number of halogens is 1. The number of alkyl halides is 1. The molecule has 1 rings (SSSR count). The normalized spacial score (nSPS) is 12.1. The van der Waals surface area contributed by atoms with E-state index in [0.29, 0.717) is 11.4 Å². The largest absolute Gasteiger partial charge is 0.325 e. The van der Waals surface area contributed by atoms with E-state index in [4.69, 9.17) is 5.73 Å². The highest BCUT2D eigenvalue weighted by molar-refractivity contribution is 5.16. The van der Waals surface area contributed by atoms with E-state index in [9.17, 15) is 4.39 Å². The van der Waals surface area contributed by atoms with Gasteiger partial charge in [0.05, 0.1) is 5.69 Å². The molecule has 1 aromatic heterocycles. The van der Waals surface area contributed by atoms with Gasteiger partial charge < -0.3 is 5.73 Å². The van der Waals surface area contributed by atoms with Gasteiger partial charge in [-0.2, -0.15) is 0 Å². The van der Waals surface area contributed by atoms with Crippen molar-refractivity contribution >= 4 is 0 Å². The average Bonchev–Trinajstić information content (AvgIpc) is 2.29. The number of nitrogens with two attached hydrogens (primary N) is 1. The maximum absolute atomic E-state index is 13.5. The molecule has 68 valence electrons. The highest BCUT2D eigenvalue weighted by atomic mass is 19.1. The van der Waals surface area contributed by atoms with Crippen LogP contribution in [0.4, 0.5) is 4.39 Å². The summed E-state index contributed by atoms with van der Waals surface area (Å²) in [7, 11) is 1.66. The van der Waals surface area contributed by atoms with E-state index in [0.717, 1.165) is 0 Å². The van der Waals surface area contributed by atoms with Gasteiger partial charge in [-0.05, 0) is 13.8 Å². The highest BCUT2D eigenvalue weighted by Crippen LogP contribution is 2.25. The van der Waals surface area contributed by atoms with Crippen molar-refractivity contribution in [3.8, 4) is 0 Å². The molecule has 2 N–H and O–H groups in total. The minimum absolute atomic E-state index is 0.219. The molecule has 0 radical (unpaired) electrons. The third-order valence-corrected chi connectivity index (χ3v) is 1.65. The van der Waals surface area contributed by atoms with Crippen molar-refractivity contribution in [2.24, 2.45) is 12.8 Å². The summed E-state index contributed by atoms with van der Waals surface area (Å²) in [6.45, 7) is 3.15. The van der Waals surface area contributed by atoms with E-state index in [1.807, 2.05) is 0 Å². The Morgan fingerprint density at radius 3 is 2.50 bits per heavy atom. The van der Waals surface area contributed by atoms with Crippen LogP contribution in [0.1, 0.15) is 25.2 Å². The van der Waals surface area contributed by atoms with E-state index in [-0.39, 0.29) is 6.54 Å². The molecule has 0 unspecified atom stereocenters. The smallest absolute Gasteiger partial charge is 0.148 e. The molecule has 5 heteroatoms. The first-order valence-corrected chi connectivity index (χ1v) is 3.75. The van der Waals surface area contributed by atoms with Gasteiger partial charge in [0.15, 0.2) is 0 Å². The van der Waals surface area contributed by atoms with Crippen LogP contribution in [0.5, 0.6) is 0 Å². The van der Waals surface area contributed by atoms with Crippen LogP contribution in [-0.4, -0.2) is 15.0 Å². The van der Waals surface area contributed by atoms with Gasteiger partial charge in [0.25, 0.3) is 0 Å². The fourth-order valence-electron chi connectivity index (χ4n) is 1.27. The van der Waals surface area contributed by atoms with E-state index in [2.05, 4.69) is 10.3 Å². The molecule has 0 atom stereocenters. The van der Waals surface area contributed by atoms with Crippen LogP contribution >= 0.6 is 0 Å². The molecule has 1 aromatic rings. The Morgan fingerprint density at radius 2 is 2.17 bits per heavy atom. The Kier molecular flexibility index (Phi) is 2.14. The van der Waals surface area contributed by atoms with Crippen LogP contribution in [0, 0.1) is 0 Å². The van der Waals surface area contributed by atoms with Crippen molar-refractivity contribution in [1.82, 2.24) is 15.0 Å². The van der Waals surface area contributed by atoms with E-state index >= 15 is 0 Å². The minimum Gasteiger partial charge on any atom is -0.325 e. The molecule has 0 aliphatic rings. The van der Waals surface area contributed by atoms with Gasteiger partial charge in [0.2, 0.25) is 0 Å². The van der Waals surface area contributed by atoms with Gasteiger partial charge in [-0.1, -0.05) is 5.21 Å². The molecule has 0 fully saturated rings. The fraction of sp³-hybridized carbons (Fsp3) is 0.714. The molecule has 0 bridgehead atoms. The summed E-state index contributed by atoms with van der Waals surface area (Å²) in [5.41, 5.74) is 4.91. The third kappa shape index (κ3) is 1.45. The van der Waals surface area contributed by atoms with Crippen molar-refractivity contribution in [2.45, 2.75) is 26.1 Å². The van der Waals surface area contributed by atoms with Gasteiger partial charge in [-0.3, -0.25) is 0 Å². The zero-order valence-electron chi connectivity index (χ0n) is 7.50. The Hall–Kier alpha value is -0.970. The molecular formula is C7H13FN4. The number of hydrogen-bond acceptors (Lipinski definition) is 3. The summed E-state index contributed by atoms with van der Waals surface area (Å²) in [5, 5.41) is 7.45. The maximum Gasteiger partial charge on any atom is 0.148 e. The predicted octanol–water partition coefficient (Wildman–Crippen LogP) is 0.478. The molecule has 0 aliphatic carbocycles. The lowest BCUT2D eigenvalue weighted by atomic mass is 10.1. The second-order valence-corrected chi connectivity index (χ2v) is 3.18. The van der Waals surface area contributed by atoms with Crippen molar-refractivity contribution < 1.29 is 4.39 Å². The van der Waals surface area contributed by atoms with Crippen molar-refractivity contribution in [1.29, 1.82) is 0 Å². The Balaban J connectivity index is 3.19. The monoisotopic (exact) mass is 172 g/mol. The van der Waals surface area contributed by atoms with E-state index in [1.165, 1.54) is 18.5 Å². The minimum atomic E-state index is -1.44. The van der Waals surface area contributed by atoms with Crippen molar-refractivity contribution in [2.75, 3.05) is 0 Å². The lowest BCUT2D eigenvalue weighted by molar-refractivity contribution is 0.205. The quantitative estimate of drug-likeness (QED) is 0.705. The Morgan fingerprint density at radius 1 is 1.58 bits per heavy atom. The van der Waals surface area contributed by atoms with Crippen LogP contribution < -0.4 is 5.73 Å². The number of rotatable bonds is 2. The zero-order chi connectivity index (χ0) is 9.35.